The van der Waals surface area contributed by atoms with E-state index < -0.39 is 21.9 Å². The van der Waals surface area contributed by atoms with Crippen molar-refractivity contribution in [2.24, 2.45) is 0 Å². The molecule has 0 aliphatic heterocycles. The van der Waals surface area contributed by atoms with Crippen LogP contribution in [0.1, 0.15) is 30.0 Å². The number of alkyl halides is 3. The molecule has 0 radical (unpaired) electrons. The third-order valence-electron chi connectivity index (χ3n) is 3.11. The molecule has 0 amide bonds. The van der Waals surface area contributed by atoms with Crippen molar-refractivity contribution in [3.05, 3.63) is 44.4 Å². The molecule has 7 heteroatoms. The molecule has 3 rings (SSSR count). The van der Waals surface area contributed by atoms with E-state index in [1.165, 1.54) is 6.07 Å². The van der Waals surface area contributed by atoms with E-state index in [0.717, 1.165) is 22.8 Å². The van der Waals surface area contributed by atoms with Crippen LogP contribution < -0.4 is 5.56 Å². The van der Waals surface area contributed by atoms with Crippen molar-refractivity contribution < 1.29 is 13.2 Å². The van der Waals surface area contributed by atoms with Gasteiger partial charge >= 0.3 is 6.18 Å². The van der Waals surface area contributed by atoms with E-state index in [4.69, 9.17) is 0 Å². The standard InChI is InChI=1S/C12H8BrF3N2O/c13-9-10(12(14,15)16)17-8-4-3-7(6-1-2-6)5-18(8)11(9)19/h3-6H,1-2H2. The van der Waals surface area contributed by atoms with Gasteiger partial charge in [0, 0.05) is 6.20 Å². The third kappa shape index (κ3) is 2.16. The van der Waals surface area contributed by atoms with Crippen LogP contribution in [0, 0.1) is 0 Å². The summed E-state index contributed by atoms with van der Waals surface area (Å²) in [6.45, 7) is 0. The van der Waals surface area contributed by atoms with Gasteiger partial charge in [-0.25, -0.2) is 4.98 Å². The molecule has 3 nitrogen and oxygen atoms in total. The molecule has 0 saturated heterocycles. The second kappa shape index (κ2) is 4.06. The summed E-state index contributed by atoms with van der Waals surface area (Å²) < 4.78 is 38.8. The van der Waals surface area contributed by atoms with Gasteiger partial charge in [-0.05, 0) is 46.3 Å². The van der Waals surface area contributed by atoms with E-state index in [2.05, 4.69) is 20.9 Å². The Labute approximate surface area is 114 Å². The molecular weight excluding hydrogens is 325 g/mol. The van der Waals surface area contributed by atoms with Crippen LogP contribution in [0.2, 0.25) is 0 Å². The first-order valence-electron chi connectivity index (χ1n) is 5.67. The Balaban J connectivity index is 2.28. The number of hydrogen-bond acceptors (Lipinski definition) is 2. The maximum Gasteiger partial charge on any atom is 0.434 e. The Kier molecular flexibility index (Phi) is 2.70. The van der Waals surface area contributed by atoms with Crippen LogP contribution in [-0.2, 0) is 6.18 Å². The molecule has 1 aliphatic carbocycles. The highest BCUT2D eigenvalue weighted by Gasteiger charge is 2.37. The monoisotopic (exact) mass is 332 g/mol. The summed E-state index contributed by atoms with van der Waals surface area (Å²) in [6, 6.07) is 3.18. The van der Waals surface area contributed by atoms with E-state index in [9.17, 15) is 18.0 Å². The first kappa shape index (κ1) is 12.7. The van der Waals surface area contributed by atoms with Crippen LogP contribution in [-0.4, -0.2) is 9.38 Å². The minimum absolute atomic E-state index is 0.00456. The van der Waals surface area contributed by atoms with Crippen molar-refractivity contribution in [1.29, 1.82) is 0 Å². The van der Waals surface area contributed by atoms with Gasteiger partial charge < -0.3 is 0 Å². The quantitative estimate of drug-likeness (QED) is 0.802. The zero-order valence-corrected chi connectivity index (χ0v) is 11.1. The van der Waals surface area contributed by atoms with E-state index in [0.29, 0.717) is 5.92 Å². The van der Waals surface area contributed by atoms with Crippen molar-refractivity contribution in [2.75, 3.05) is 0 Å². The number of rotatable bonds is 1. The molecular formula is C12H8BrF3N2O. The summed E-state index contributed by atoms with van der Waals surface area (Å²) in [6.07, 6.45) is -0.972. The topological polar surface area (TPSA) is 34.4 Å². The fourth-order valence-corrected chi connectivity index (χ4v) is 2.48. The van der Waals surface area contributed by atoms with Gasteiger partial charge in [-0.3, -0.25) is 9.20 Å². The molecule has 0 atom stereocenters. The highest BCUT2D eigenvalue weighted by molar-refractivity contribution is 9.10. The summed E-state index contributed by atoms with van der Waals surface area (Å²) in [4.78, 5) is 15.5. The van der Waals surface area contributed by atoms with Gasteiger partial charge in [0.2, 0.25) is 0 Å². The van der Waals surface area contributed by atoms with Gasteiger partial charge in [0.25, 0.3) is 5.56 Å². The van der Waals surface area contributed by atoms with Crippen molar-refractivity contribution >= 4 is 21.6 Å². The molecule has 0 spiro atoms. The average Bonchev–Trinajstić information content (AvgIpc) is 3.16. The van der Waals surface area contributed by atoms with Gasteiger partial charge in [-0.2, -0.15) is 13.2 Å². The fourth-order valence-electron chi connectivity index (χ4n) is 1.98. The van der Waals surface area contributed by atoms with E-state index >= 15 is 0 Å². The minimum Gasteiger partial charge on any atom is -0.268 e. The summed E-state index contributed by atoms with van der Waals surface area (Å²) in [5.74, 6) is 0.414. The van der Waals surface area contributed by atoms with E-state index in [-0.39, 0.29) is 5.65 Å². The van der Waals surface area contributed by atoms with Crippen molar-refractivity contribution in [3.63, 3.8) is 0 Å². The van der Waals surface area contributed by atoms with Crippen LogP contribution in [0.25, 0.3) is 5.65 Å². The molecule has 1 aliphatic rings. The van der Waals surface area contributed by atoms with Gasteiger partial charge in [0.05, 0.1) is 0 Å². The second-order valence-corrected chi connectivity index (χ2v) is 5.34. The van der Waals surface area contributed by atoms with Gasteiger partial charge in [-0.15, -0.1) is 0 Å². The summed E-state index contributed by atoms with van der Waals surface area (Å²) in [5, 5.41) is 0. The number of halogens is 4. The molecule has 0 N–H and O–H groups in total. The molecule has 0 aromatic carbocycles. The Bertz CT molecular complexity index is 719. The Hall–Kier alpha value is -1.37. The average molecular weight is 333 g/mol. The van der Waals surface area contributed by atoms with Gasteiger partial charge in [-0.1, -0.05) is 6.07 Å². The van der Waals surface area contributed by atoms with Crippen LogP contribution in [0.5, 0.6) is 0 Å². The molecule has 2 aromatic rings. The molecule has 2 heterocycles. The minimum atomic E-state index is -4.65. The zero-order valence-electron chi connectivity index (χ0n) is 9.54. The maximum atomic E-state index is 12.7. The Morgan fingerprint density at radius 2 is 2.00 bits per heavy atom. The van der Waals surface area contributed by atoms with Crippen LogP contribution >= 0.6 is 15.9 Å². The zero-order chi connectivity index (χ0) is 13.8. The molecule has 100 valence electrons. The van der Waals surface area contributed by atoms with Crippen LogP contribution in [0.3, 0.4) is 0 Å². The summed E-state index contributed by atoms with van der Waals surface area (Å²) in [7, 11) is 0. The lowest BCUT2D eigenvalue weighted by Crippen LogP contribution is -2.22. The third-order valence-corrected chi connectivity index (χ3v) is 3.82. The highest BCUT2D eigenvalue weighted by atomic mass is 79.9. The van der Waals surface area contributed by atoms with Crippen molar-refractivity contribution in [3.8, 4) is 0 Å². The number of aromatic nitrogens is 2. The van der Waals surface area contributed by atoms with E-state index in [1.54, 1.807) is 12.3 Å². The molecule has 0 bridgehead atoms. The van der Waals surface area contributed by atoms with Crippen molar-refractivity contribution in [1.82, 2.24) is 9.38 Å². The number of pyridine rings is 1. The van der Waals surface area contributed by atoms with Crippen molar-refractivity contribution in [2.45, 2.75) is 24.9 Å². The largest absolute Gasteiger partial charge is 0.434 e. The number of hydrogen-bond donors (Lipinski definition) is 0. The normalized spacial score (nSPS) is 16.0. The molecule has 19 heavy (non-hydrogen) atoms. The molecule has 0 unspecified atom stereocenters. The summed E-state index contributed by atoms with van der Waals surface area (Å²) in [5.41, 5.74) is -0.954. The lowest BCUT2D eigenvalue weighted by atomic mass is 10.2. The number of fused-ring (bicyclic) bond motifs is 1. The number of nitrogens with zero attached hydrogens (tertiary/aromatic N) is 2. The molecule has 1 saturated carbocycles. The fraction of sp³-hybridized carbons (Fsp3) is 0.333. The SMILES string of the molecule is O=c1c(Br)c(C(F)(F)F)nc2ccc(C3CC3)cn12. The maximum absolute atomic E-state index is 12.7. The lowest BCUT2D eigenvalue weighted by Gasteiger charge is -2.10. The smallest absolute Gasteiger partial charge is 0.268 e. The predicted molar refractivity (Wildman–Crippen MR) is 66.1 cm³/mol. The van der Waals surface area contributed by atoms with E-state index in [1.807, 2.05) is 0 Å². The Morgan fingerprint density at radius 1 is 1.32 bits per heavy atom. The highest BCUT2D eigenvalue weighted by Crippen LogP contribution is 2.40. The Morgan fingerprint density at radius 3 is 2.58 bits per heavy atom. The lowest BCUT2D eigenvalue weighted by molar-refractivity contribution is -0.141. The molecule has 1 fully saturated rings. The van der Waals surface area contributed by atoms with Crippen LogP contribution in [0.4, 0.5) is 13.2 Å². The van der Waals surface area contributed by atoms with Gasteiger partial charge in [0.1, 0.15) is 10.1 Å². The van der Waals surface area contributed by atoms with Crippen LogP contribution in [0.15, 0.2) is 27.6 Å². The molecule has 2 aromatic heterocycles. The first-order valence-corrected chi connectivity index (χ1v) is 6.46. The second-order valence-electron chi connectivity index (χ2n) is 4.54. The first-order chi connectivity index (χ1) is 8.88. The summed E-state index contributed by atoms with van der Waals surface area (Å²) >= 11 is 2.70. The van der Waals surface area contributed by atoms with Gasteiger partial charge in [0.15, 0.2) is 5.69 Å². The predicted octanol–water partition coefficient (Wildman–Crippen LogP) is 3.35.